The summed E-state index contributed by atoms with van der Waals surface area (Å²) in [5.74, 6) is 0.699. The molecule has 1 fully saturated rings. The molecule has 3 nitrogen and oxygen atoms in total. The number of nitrogens with two attached hydrogens (primary N) is 1. The standard InChI is InChI=1S/C14H27NO2/c1-11(9-13(15)10-14(16)17)7-8-12-5-3-2-4-6-12/h11-13H,2-10,15H2,1H3,(H,16,17)/t11?,13-/m0/s1. The molecule has 0 bridgehead atoms. The quantitative estimate of drug-likeness (QED) is 0.719. The first-order valence-corrected chi connectivity index (χ1v) is 7.05. The maximum Gasteiger partial charge on any atom is 0.304 e. The molecule has 1 unspecified atom stereocenters. The molecule has 3 heteroatoms. The highest BCUT2D eigenvalue weighted by Crippen LogP contribution is 2.29. The summed E-state index contributed by atoms with van der Waals surface area (Å²) in [7, 11) is 0. The van der Waals surface area contributed by atoms with E-state index in [-0.39, 0.29) is 12.5 Å². The van der Waals surface area contributed by atoms with Crippen LogP contribution in [-0.4, -0.2) is 17.1 Å². The molecule has 0 aliphatic heterocycles. The van der Waals surface area contributed by atoms with E-state index in [0.29, 0.717) is 5.92 Å². The summed E-state index contributed by atoms with van der Waals surface area (Å²) in [5.41, 5.74) is 5.80. The minimum Gasteiger partial charge on any atom is -0.481 e. The van der Waals surface area contributed by atoms with Crippen LogP contribution in [0.2, 0.25) is 0 Å². The molecule has 0 heterocycles. The van der Waals surface area contributed by atoms with E-state index in [1.165, 1.54) is 44.9 Å². The van der Waals surface area contributed by atoms with Crippen molar-refractivity contribution in [3.63, 3.8) is 0 Å². The zero-order valence-corrected chi connectivity index (χ0v) is 11.0. The van der Waals surface area contributed by atoms with Crippen molar-refractivity contribution in [2.24, 2.45) is 17.6 Å². The number of aliphatic carboxylic acids is 1. The first-order valence-electron chi connectivity index (χ1n) is 7.05. The molecule has 100 valence electrons. The van der Waals surface area contributed by atoms with Crippen molar-refractivity contribution in [3.8, 4) is 0 Å². The van der Waals surface area contributed by atoms with E-state index >= 15 is 0 Å². The SMILES string of the molecule is CC(CCC1CCCCC1)C[C@H](N)CC(=O)O. The van der Waals surface area contributed by atoms with Gasteiger partial charge in [-0.2, -0.15) is 0 Å². The van der Waals surface area contributed by atoms with Gasteiger partial charge < -0.3 is 10.8 Å². The van der Waals surface area contributed by atoms with E-state index in [9.17, 15) is 4.79 Å². The van der Waals surface area contributed by atoms with Gasteiger partial charge in [-0.05, 0) is 18.3 Å². The average molecular weight is 241 g/mol. The maximum atomic E-state index is 10.5. The van der Waals surface area contributed by atoms with E-state index in [0.717, 1.165) is 12.3 Å². The molecule has 1 aliphatic carbocycles. The Balaban J connectivity index is 2.11. The third-order valence-corrected chi connectivity index (χ3v) is 3.93. The Morgan fingerprint density at radius 2 is 2.00 bits per heavy atom. The normalized spacial score (nSPS) is 21.1. The largest absolute Gasteiger partial charge is 0.481 e. The molecule has 0 spiro atoms. The van der Waals surface area contributed by atoms with Gasteiger partial charge in [0.05, 0.1) is 6.42 Å². The average Bonchev–Trinajstić information content (AvgIpc) is 2.26. The van der Waals surface area contributed by atoms with Crippen LogP contribution in [0.3, 0.4) is 0 Å². The Labute approximate surface area is 105 Å². The minimum absolute atomic E-state index is 0.105. The molecule has 0 amide bonds. The van der Waals surface area contributed by atoms with Gasteiger partial charge in [0, 0.05) is 6.04 Å². The summed E-state index contributed by atoms with van der Waals surface area (Å²) >= 11 is 0. The van der Waals surface area contributed by atoms with Gasteiger partial charge in [-0.1, -0.05) is 51.9 Å². The van der Waals surface area contributed by atoms with Crippen molar-refractivity contribution in [2.45, 2.75) is 70.8 Å². The van der Waals surface area contributed by atoms with Crippen LogP contribution in [0.5, 0.6) is 0 Å². The molecule has 1 rings (SSSR count). The molecular formula is C14H27NO2. The first kappa shape index (κ1) is 14.5. The van der Waals surface area contributed by atoms with Crippen LogP contribution in [0.25, 0.3) is 0 Å². The van der Waals surface area contributed by atoms with E-state index in [1.54, 1.807) is 0 Å². The molecule has 17 heavy (non-hydrogen) atoms. The second-order valence-electron chi connectivity index (χ2n) is 5.78. The van der Waals surface area contributed by atoms with Gasteiger partial charge in [0.2, 0.25) is 0 Å². The Kier molecular flexibility index (Phi) is 6.56. The smallest absolute Gasteiger partial charge is 0.304 e. The predicted octanol–water partition coefficient (Wildman–Crippen LogP) is 3.18. The lowest BCUT2D eigenvalue weighted by atomic mass is 9.83. The fourth-order valence-corrected chi connectivity index (χ4v) is 2.94. The second-order valence-corrected chi connectivity index (χ2v) is 5.78. The summed E-state index contributed by atoms with van der Waals surface area (Å²) in [4.78, 5) is 10.5. The summed E-state index contributed by atoms with van der Waals surface area (Å²) in [6.07, 6.45) is 10.5. The third-order valence-electron chi connectivity index (χ3n) is 3.93. The van der Waals surface area contributed by atoms with Crippen molar-refractivity contribution in [2.75, 3.05) is 0 Å². The van der Waals surface area contributed by atoms with Crippen molar-refractivity contribution < 1.29 is 9.90 Å². The molecule has 0 saturated heterocycles. The molecule has 2 atom stereocenters. The van der Waals surface area contributed by atoms with Gasteiger partial charge in [-0.25, -0.2) is 0 Å². The summed E-state index contributed by atoms with van der Waals surface area (Å²) < 4.78 is 0. The lowest BCUT2D eigenvalue weighted by Crippen LogP contribution is -2.26. The Hall–Kier alpha value is -0.570. The molecule has 3 N–H and O–H groups in total. The number of hydrogen-bond acceptors (Lipinski definition) is 2. The number of rotatable bonds is 7. The second kappa shape index (κ2) is 7.70. The number of hydrogen-bond donors (Lipinski definition) is 2. The zero-order valence-electron chi connectivity index (χ0n) is 11.0. The van der Waals surface area contributed by atoms with E-state index < -0.39 is 5.97 Å². The highest BCUT2D eigenvalue weighted by Gasteiger charge is 2.16. The van der Waals surface area contributed by atoms with E-state index in [1.807, 2.05) is 0 Å². The van der Waals surface area contributed by atoms with E-state index in [4.69, 9.17) is 10.8 Å². The Morgan fingerprint density at radius 1 is 1.35 bits per heavy atom. The van der Waals surface area contributed by atoms with Gasteiger partial charge in [0.25, 0.3) is 0 Å². The number of carboxylic acid groups (broad SMARTS) is 1. The van der Waals surface area contributed by atoms with Crippen LogP contribution in [-0.2, 0) is 4.79 Å². The molecule has 0 aromatic carbocycles. The molecule has 0 aromatic heterocycles. The molecule has 0 aromatic rings. The predicted molar refractivity (Wildman–Crippen MR) is 69.8 cm³/mol. The zero-order chi connectivity index (χ0) is 12.7. The van der Waals surface area contributed by atoms with Gasteiger partial charge in [-0.3, -0.25) is 4.79 Å². The third kappa shape index (κ3) is 6.67. The maximum absolute atomic E-state index is 10.5. The van der Waals surface area contributed by atoms with Crippen molar-refractivity contribution in [3.05, 3.63) is 0 Å². The highest BCUT2D eigenvalue weighted by molar-refractivity contribution is 5.67. The molecule has 1 aliphatic rings. The van der Waals surface area contributed by atoms with Crippen LogP contribution in [0.15, 0.2) is 0 Å². The van der Waals surface area contributed by atoms with Crippen LogP contribution in [0.1, 0.15) is 64.7 Å². The highest BCUT2D eigenvalue weighted by atomic mass is 16.4. The fraction of sp³-hybridized carbons (Fsp3) is 0.929. The molecular weight excluding hydrogens is 214 g/mol. The lowest BCUT2D eigenvalue weighted by Gasteiger charge is -2.23. The summed E-state index contributed by atoms with van der Waals surface area (Å²) in [6.45, 7) is 2.20. The van der Waals surface area contributed by atoms with Crippen molar-refractivity contribution in [1.29, 1.82) is 0 Å². The molecule has 0 radical (unpaired) electrons. The number of carbonyl (C=O) groups is 1. The van der Waals surface area contributed by atoms with Crippen LogP contribution >= 0.6 is 0 Å². The fourth-order valence-electron chi connectivity index (χ4n) is 2.94. The van der Waals surface area contributed by atoms with Crippen LogP contribution < -0.4 is 5.73 Å². The Bertz CT molecular complexity index is 224. The van der Waals surface area contributed by atoms with Crippen molar-refractivity contribution in [1.82, 2.24) is 0 Å². The minimum atomic E-state index is -0.781. The monoisotopic (exact) mass is 241 g/mol. The van der Waals surface area contributed by atoms with Gasteiger partial charge >= 0.3 is 5.97 Å². The van der Waals surface area contributed by atoms with Gasteiger partial charge in [-0.15, -0.1) is 0 Å². The van der Waals surface area contributed by atoms with E-state index in [2.05, 4.69) is 6.92 Å². The van der Waals surface area contributed by atoms with Gasteiger partial charge in [0.15, 0.2) is 0 Å². The topological polar surface area (TPSA) is 63.3 Å². The Morgan fingerprint density at radius 3 is 2.59 bits per heavy atom. The first-order chi connectivity index (χ1) is 8.08. The summed E-state index contributed by atoms with van der Waals surface area (Å²) in [5, 5.41) is 8.65. The van der Waals surface area contributed by atoms with Crippen LogP contribution in [0, 0.1) is 11.8 Å². The summed E-state index contributed by atoms with van der Waals surface area (Å²) in [6, 6.07) is -0.172. The van der Waals surface area contributed by atoms with Crippen LogP contribution in [0.4, 0.5) is 0 Å². The van der Waals surface area contributed by atoms with Gasteiger partial charge in [0.1, 0.15) is 0 Å². The lowest BCUT2D eigenvalue weighted by molar-refractivity contribution is -0.137. The van der Waals surface area contributed by atoms with Crippen molar-refractivity contribution >= 4 is 5.97 Å². The number of carboxylic acids is 1. The molecule has 1 saturated carbocycles.